The van der Waals surface area contributed by atoms with Crippen molar-refractivity contribution in [3.63, 3.8) is 0 Å². The summed E-state index contributed by atoms with van der Waals surface area (Å²) in [6, 6.07) is 0.279. The van der Waals surface area contributed by atoms with Gasteiger partial charge in [0.25, 0.3) is 0 Å². The molecule has 4 heteroatoms. The lowest BCUT2D eigenvalue weighted by Gasteiger charge is -2.23. The van der Waals surface area contributed by atoms with Crippen LogP contribution in [0.3, 0.4) is 0 Å². The second kappa shape index (κ2) is 6.97. The highest BCUT2D eigenvalue weighted by Gasteiger charge is 2.22. The molecule has 1 fully saturated rings. The van der Waals surface area contributed by atoms with Crippen LogP contribution >= 0.6 is 0 Å². The van der Waals surface area contributed by atoms with E-state index < -0.39 is 0 Å². The number of amides is 1. The molecular formula is C13H27N3O. The Kier molecular flexibility index (Phi) is 5.92. The van der Waals surface area contributed by atoms with Gasteiger partial charge >= 0.3 is 0 Å². The summed E-state index contributed by atoms with van der Waals surface area (Å²) < 4.78 is 0. The van der Waals surface area contributed by atoms with Gasteiger partial charge in [-0.2, -0.15) is 0 Å². The fourth-order valence-corrected chi connectivity index (χ4v) is 2.50. The van der Waals surface area contributed by atoms with Crippen LogP contribution in [0, 0.1) is 5.92 Å². The minimum atomic E-state index is 0.257. The predicted molar refractivity (Wildman–Crippen MR) is 71.0 cm³/mol. The quantitative estimate of drug-likeness (QED) is 0.746. The smallest absolute Gasteiger partial charge is 0.223 e. The monoisotopic (exact) mass is 241 g/mol. The van der Waals surface area contributed by atoms with Gasteiger partial charge in [0.1, 0.15) is 0 Å². The molecule has 1 rings (SSSR count). The number of rotatable bonds is 6. The number of nitrogens with zero attached hydrogens (tertiary/aromatic N) is 2. The standard InChI is InChI=1S/C13H27N3O/c1-5-14-11(2)8-13(17)16(4)10-12-6-7-15(3)9-12/h11-12,14H,5-10H2,1-4H3. The Hall–Kier alpha value is -0.610. The first-order valence-electron chi connectivity index (χ1n) is 6.68. The fraction of sp³-hybridized carbons (Fsp3) is 0.923. The average molecular weight is 241 g/mol. The van der Waals surface area contributed by atoms with Crippen LogP contribution in [0.1, 0.15) is 26.7 Å². The molecule has 0 bridgehead atoms. The number of hydrogen-bond acceptors (Lipinski definition) is 3. The van der Waals surface area contributed by atoms with Crippen LogP contribution < -0.4 is 5.32 Å². The van der Waals surface area contributed by atoms with E-state index in [2.05, 4.69) is 31.1 Å². The lowest BCUT2D eigenvalue weighted by atomic mass is 10.1. The van der Waals surface area contributed by atoms with Crippen molar-refractivity contribution >= 4 is 5.91 Å². The molecule has 4 nitrogen and oxygen atoms in total. The third kappa shape index (κ3) is 5.04. The predicted octanol–water partition coefficient (Wildman–Crippen LogP) is 0.785. The topological polar surface area (TPSA) is 35.6 Å². The van der Waals surface area contributed by atoms with Crippen molar-refractivity contribution in [2.24, 2.45) is 5.92 Å². The summed E-state index contributed by atoms with van der Waals surface area (Å²) in [6.07, 6.45) is 1.82. The second-order valence-corrected chi connectivity index (χ2v) is 5.35. The van der Waals surface area contributed by atoms with Gasteiger partial charge in [-0.25, -0.2) is 0 Å². The first-order chi connectivity index (χ1) is 8.02. The van der Waals surface area contributed by atoms with Gasteiger partial charge in [0, 0.05) is 32.6 Å². The Labute approximate surface area is 105 Å². The molecule has 1 heterocycles. The van der Waals surface area contributed by atoms with E-state index in [9.17, 15) is 4.79 Å². The molecular weight excluding hydrogens is 214 g/mol. The van der Waals surface area contributed by atoms with E-state index in [1.165, 1.54) is 13.0 Å². The maximum Gasteiger partial charge on any atom is 0.223 e. The highest BCUT2D eigenvalue weighted by molar-refractivity contribution is 5.76. The van der Waals surface area contributed by atoms with Crippen LogP contribution in [-0.2, 0) is 4.79 Å². The molecule has 2 atom stereocenters. The van der Waals surface area contributed by atoms with Crippen molar-refractivity contribution in [2.45, 2.75) is 32.7 Å². The normalized spacial score (nSPS) is 22.7. The Morgan fingerprint density at radius 1 is 1.59 bits per heavy atom. The van der Waals surface area contributed by atoms with Crippen molar-refractivity contribution in [1.82, 2.24) is 15.1 Å². The SMILES string of the molecule is CCNC(C)CC(=O)N(C)CC1CCN(C)C1. The van der Waals surface area contributed by atoms with E-state index in [1.54, 1.807) is 0 Å². The summed E-state index contributed by atoms with van der Waals surface area (Å²) in [4.78, 5) is 16.2. The van der Waals surface area contributed by atoms with Gasteiger partial charge in [-0.1, -0.05) is 6.92 Å². The number of carbonyl (C=O) groups excluding carboxylic acids is 1. The molecule has 0 spiro atoms. The molecule has 0 aliphatic carbocycles. The number of hydrogen-bond donors (Lipinski definition) is 1. The summed E-state index contributed by atoms with van der Waals surface area (Å²) in [6.45, 7) is 8.26. The molecule has 1 saturated heterocycles. The molecule has 0 aromatic heterocycles. The summed E-state index contributed by atoms with van der Waals surface area (Å²) in [7, 11) is 4.08. The van der Waals surface area contributed by atoms with Crippen LogP contribution in [0.5, 0.6) is 0 Å². The Bertz CT molecular complexity index is 245. The zero-order valence-electron chi connectivity index (χ0n) is 11.7. The lowest BCUT2D eigenvalue weighted by molar-refractivity contribution is -0.130. The molecule has 1 amide bonds. The molecule has 1 N–H and O–H groups in total. The van der Waals surface area contributed by atoms with E-state index in [1.807, 2.05) is 11.9 Å². The van der Waals surface area contributed by atoms with E-state index in [-0.39, 0.29) is 11.9 Å². The zero-order chi connectivity index (χ0) is 12.8. The van der Waals surface area contributed by atoms with Crippen molar-refractivity contribution in [2.75, 3.05) is 40.3 Å². The molecule has 0 aromatic carbocycles. The molecule has 0 radical (unpaired) electrons. The zero-order valence-corrected chi connectivity index (χ0v) is 11.7. The Morgan fingerprint density at radius 2 is 2.29 bits per heavy atom. The molecule has 1 aliphatic rings. The number of nitrogens with one attached hydrogen (secondary N) is 1. The fourth-order valence-electron chi connectivity index (χ4n) is 2.50. The first kappa shape index (κ1) is 14.5. The van der Waals surface area contributed by atoms with Crippen molar-refractivity contribution in [1.29, 1.82) is 0 Å². The van der Waals surface area contributed by atoms with Gasteiger partial charge in [-0.3, -0.25) is 4.79 Å². The molecule has 17 heavy (non-hydrogen) atoms. The maximum absolute atomic E-state index is 12.0. The van der Waals surface area contributed by atoms with Crippen LogP contribution in [0.25, 0.3) is 0 Å². The second-order valence-electron chi connectivity index (χ2n) is 5.35. The summed E-state index contributed by atoms with van der Waals surface area (Å²) in [5, 5.41) is 3.28. The minimum Gasteiger partial charge on any atom is -0.345 e. The van der Waals surface area contributed by atoms with Gasteiger partial charge < -0.3 is 15.1 Å². The van der Waals surface area contributed by atoms with Crippen molar-refractivity contribution in [3.8, 4) is 0 Å². The summed E-state index contributed by atoms with van der Waals surface area (Å²) in [5.41, 5.74) is 0. The van der Waals surface area contributed by atoms with Crippen LogP contribution in [0.2, 0.25) is 0 Å². The lowest BCUT2D eigenvalue weighted by Crippen LogP contribution is -2.37. The Morgan fingerprint density at radius 3 is 2.82 bits per heavy atom. The molecule has 0 saturated carbocycles. The summed E-state index contributed by atoms with van der Waals surface area (Å²) in [5.74, 6) is 0.913. The van der Waals surface area contributed by atoms with E-state index in [4.69, 9.17) is 0 Å². The molecule has 1 aliphatic heterocycles. The van der Waals surface area contributed by atoms with Gasteiger partial charge in [-0.15, -0.1) is 0 Å². The molecule has 0 aromatic rings. The van der Waals surface area contributed by atoms with Gasteiger partial charge in [0.05, 0.1) is 0 Å². The van der Waals surface area contributed by atoms with Crippen LogP contribution in [0.4, 0.5) is 0 Å². The Balaban J connectivity index is 2.26. The minimum absolute atomic E-state index is 0.257. The third-order valence-corrected chi connectivity index (χ3v) is 3.48. The summed E-state index contributed by atoms with van der Waals surface area (Å²) >= 11 is 0. The van der Waals surface area contributed by atoms with Crippen molar-refractivity contribution < 1.29 is 4.79 Å². The van der Waals surface area contributed by atoms with Crippen molar-refractivity contribution in [3.05, 3.63) is 0 Å². The van der Waals surface area contributed by atoms with E-state index in [0.717, 1.165) is 19.6 Å². The third-order valence-electron chi connectivity index (χ3n) is 3.48. The van der Waals surface area contributed by atoms with Crippen LogP contribution in [-0.4, -0.2) is 62.0 Å². The molecule has 2 unspecified atom stereocenters. The number of carbonyl (C=O) groups is 1. The van der Waals surface area contributed by atoms with Gasteiger partial charge in [0.15, 0.2) is 0 Å². The van der Waals surface area contributed by atoms with E-state index in [0.29, 0.717) is 12.3 Å². The van der Waals surface area contributed by atoms with Gasteiger partial charge in [0.2, 0.25) is 5.91 Å². The van der Waals surface area contributed by atoms with E-state index >= 15 is 0 Å². The molecule has 100 valence electrons. The van der Waals surface area contributed by atoms with Gasteiger partial charge in [-0.05, 0) is 39.4 Å². The average Bonchev–Trinajstić information content (AvgIpc) is 2.64. The maximum atomic E-state index is 12.0. The van der Waals surface area contributed by atoms with Crippen LogP contribution in [0.15, 0.2) is 0 Å². The number of likely N-dealkylation sites (tertiary alicyclic amines) is 1. The highest BCUT2D eigenvalue weighted by atomic mass is 16.2. The highest BCUT2D eigenvalue weighted by Crippen LogP contribution is 2.15. The largest absolute Gasteiger partial charge is 0.345 e. The first-order valence-corrected chi connectivity index (χ1v) is 6.68.